The number of hydrogen-bond donors (Lipinski definition) is 2. The average Bonchev–Trinajstić information content (AvgIpc) is 2.84. The largest absolute Gasteiger partial charge is 0.312 e. The maximum atomic E-state index is 12.2. The van der Waals surface area contributed by atoms with Gasteiger partial charge in [0.25, 0.3) is 5.91 Å². The zero-order chi connectivity index (χ0) is 13.2. The lowest BCUT2D eigenvalue weighted by molar-refractivity contribution is 0.102. The maximum Gasteiger partial charge on any atom is 0.256 e. The normalized spacial score (nSPS) is 13.9. The molecule has 1 aromatic heterocycles. The number of nitrogens with zero attached hydrogens (tertiary/aromatic N) is 2. The van der Waals surface area contributed by atoms with Crippen LogP contribution < -0.4 is 10.6 Å². The Labute approximate surface area is 111 Å². The maximum absolute atomic E-state index is 12.2. The van der Waals surface area contributed by atoms with Crippen LogP contribution in [-0.2, 0) is 20.0 Å². The molecule has 0 atom stereocenters. The molecule has 1 aromatic carbocycles. The fourth-order valence-corrected chi connectivity index (χ4v) is 2.31. The fourth-order valence-electron chi connectivity index (χ4n) is 2.31. The van der Waals surface area contributed by atoms with E-state index < -0.39 is 0 Å². The molecule has 2 aromatic rings. The molecule has 0 saturated carbocycles. The van der Waals surface area contributed by atoms with Crippen molar-refractivity contribution in [2.24, 2.45) is 7.05 Å². The van der Waals surface area contributed by atoms with Gasteiger partial charge in [0, 0.05) is 25.2 Å². The highest BCUT2D eigenvalue weighted by atomic mass is 16.1. The minimum Gasteiger partial charge on any atom is -0.312 e. The summed E-state index contributed by atoms with van der Waals surface area (Å²) in [5.74, 6) is 0.595. The number of aromatic nitrogens is 2. The standard InChI is InChI=1S/C14H16N4O/c1-18-13(5-7-16-18)17-14(19)11-3-2-10-4-6-15-9-12(10)8-11/h2-3,5,7-8,15H,4,6,9H2,1H3,(H,17,19). The Balaban J connectivity index is 1.82. The van der Waals surface area contributed by atoms with E-state index in [1.165, 1.54) is 11.1 Å². The van der Waals surface area contributed by atoms with Gasteiger partial charge in [-0.2, -0.15) is 5.10 Å². The van der Waals surface area contributed by atoms with Crippen molar-refractivity contribution < 1.29 is 4.79 Å². The highest BCUT2D eigenvalue weighted by Crippen LogP contribution is 2.17. The Kier molecular flexibility index (Phi) is 3.05. The van der Waals surface area contributed by atoms with E-state index in [0.717, 1.165) is 19.5 Å². The number of carbonyl (C=O) groups excluding carboxylic acids is 1. The monoisotopic (exact) mass is 256 g/mol. The molecule has 3 rings (SSSR count). The lowest BCUT2D eigenvalue weighted by Crippen LogP contribution is -2.24. The van der Waals surface area contributed by atoms with Gasteiger partial charge >= 0.3 is 0 Å². The zero-order valence-corrected chi connectivity index (χ0v) is 10.8. The molecule has 1 aliphatic rings. The van der Waals surface area contributed by atoms with Crippen LogP contribution in [0, 0.1) is 0 Å². The van der Waals surface area contributed by atoms with E-state index in [0.29, 0.717) is 11.4 Å². The van der Waals surface area contributed by atoms with Gasteiger partial charge < -0.3 is 10.6 Å². The first-order valence-electron chi connectivity index (χ1n) is 6.36. The van der Waals surface area contributed by atoms with Crippen molar-refractivity contribution in [2.45, 2.75) is 13.0 Å². The summed E-state index contributed by atoms with van der Waals surface area (Å²) in [6, 6.07) is 7.68. The lowest BCUT2D eigenvalue weighted by Gasteiger charge is -2.17. The van der Waals surface area contributed by atoms with E-state index in [9.17, 15) is 4.79 Å². The van der Waals surface area contributed by atoms with Gasteiger partial charge in [-0.3, -0.25) is 9.48 Å². The molecule has 0 unspecified atom stereocenters. The molecule has 0 bridgehead atoms. The van der Waals surface area contributed by atoms with Crippen molar-refractivity contribution in [3.63, 3.8) is 0 Å². The summed E-state index contributed by atoms with van der Waals surface area (Å²) >= 11 is 0. The second kappa shape index (κ2) is 4.85. The van der Waals surface area contributed by atoms with Crippen molar-refractivity contribution in [3.05, 3.63) is 47.2 Å². The Morgan fingerprint density at radius 3 is 3.05 bits per heavy atom. The molecule has 0 aliphatic carbocycles. The van der Waals surface area contributed by atoms with Gasteiger partial charge in [-0.25, -0.2) is 0 Å². The highest BCUT2D eigenvalue weighted by molar-refractivity contribution is 6.04. The van der Waals surface area contributed by atoms with Crippen LogP contribution >= 0.6 is 0 Å². The molecule has 19 heavy (non-hydrogen) atoms. The van der Waals surface area contributed by atoms with Gasteiger partial charge in [-0.15, -0.1) is 0 Å². The number of amides is 1. The van der Waals surface area contributed by atoms with Gasteiger partial charge in [0.05, 0.1) is 6.20 Å². The van der Waals surface area contributed by atoms with Crippen LogP contribution in [0.4, 0.5) is 5.82 Å². The topological polar surface area (TPSA) is 59.0 Å². The first kappa shape index (κ1) is 11.9. The fraction of sp³-hybridized carbons (Fsp3) is 0.286. The SMILES string of the molecule is Cn1nccc1NC(=O)c1ccc2c(c1)CNCC2. The summed E-state index contributed by atoms with van der Waals surface area (Å²) in [5.41, 5.74) is 3.23. The number of hydrogen-bond acceptors (Lipinski definition) is 3. The van der Waals surface area contributed by atoms with E-state index in [1.54, 1.807) is 24.0 Å². The quantitative estimate of drug-likeness (QED) is 0.852. The van der Waals surface area contributed by atoms with Crippen LogP contribution in [0.3, 0.4) is 0 Å². The van der Waals surface area contributed by atoms with Gasteiger partial charge in [-0.1, -0.05) is 6.07 Å². The van der Waals surface area contributed by atoms with Gasteiger partial charge in [0.15, 0.2) is 0 Å². The van der Waals surface area contributed by atoms with Crippen LogP contribution in [0.25, 0.3) is 0 Å². The van der Waals surface area contributed by atoms with Gasteiger partial charge in [-0.05, 0) is 36.2 Å². The summed E-state index contributed by atoms with van der Waals surface area (Å²) in [6.07, 6.45) is 2.69. The number of fused-ring (bicyclic) bond motifs is 1. The number of nitrogens with one attached hydrogen (secondary N) is 2. The van der Waals surface area contributed by atoms with E-state index in [4.69, 9.17) is 0 Å². The second-order valence-corrected chi connectivity index (χ2v) is 4.70. The first-order valence-corrected chi connectivity index (χ1v) is 6.36. The Morgan fingerprint density at radius 1 is 1.37 bits per heavy atom. The van der Waals surface area contributed by atoms with E-state index in [2.05, 4.69) is 15.7 Å². The van der Waals surface area contributed by atoms with E-state index in [-0.39, 0.29) is 5.91 Å². The minimum atomic E-state index is -0.100. The van der Waals surface area contributed by atoms with Gasteiger partial charge in [0.2, 0.25) is 0 Å². The van der Waals surface area contributed by atoms with E-state index >= 15 is 0 Å². The molecule has 0 fully saturated rings. The third-order valence-corrected chi connectivity index (χ3v) is 3.42. The molecule has 0 saturated heterocycles. The van der Waals surface area contributed by atoms with E-state index in [1.807, 2.05) is 18.2 Å². The number of rotatable bonds is 2. The molecule has 5 heteroatoms. The molecular weight excluding hydrogens is 240 g/mol. The molecular formula is C14H16N4O. The Hall–Kier alpha value is -2.14. The summed E-state index contributed by atoms with van der Waals surface area (Å²) in [7, 11) is 1.80. The predicted octanol–water partition coefficient (Wildman–Crippen LogP) is 1.32. The molecule has 98 valence electrons. The third-order valence-electron chi connectivity index (χ3n) is 3.42. The molecule has 2 heterocycles. The zero-order valence-electron chi connectivity index (χ0n) is 10.8. The lowest BCUT2D eigenvalue weighted by atomic mass is 9.98. The average molecular weight is 256 g/mol. The van der Waals surface area contributed by atoms with Crippen molar-refractivity contribution in [1.82, 2.24) is 15.1 Å². The molecule has 0 spiro atoms. The molecule has 1 amide bonds. The minimum absolute atomic E-state index is 0.100. The number of carbonyl (C=O) groups is 1. The van der Waals surface area contributed by atoms with Crippen molar-refractivity contribution in [3.8, 4) is 0 Å². The van der Waals surface area contributed by atoms with Crippen LogP contribution in [0.1, 0.15) is 21.5 Å². The van der Waals surface area contributed by atoms with Crippen molar-refractivity contribution in [2.75, 3.05) is 11.9 Å². The number of anilines is 1. The molecule has 1 aliphatic heterocycles. The summed E-state index contributed by atoms with van der Waals surface area (Å²) in [5, 5.41) is 10.2. The Morgan fingerprint density at radius 2 is 2.26 bits per heavy atom. The van der Waals surface area contributed by atoms with Crippen LogP contribution in [0.2, 0.25) is 0 Å². The summed E-state index contributed by atoms with van der Waals surface area (Å²) in [6.45, 7) is 1.84. The Bertz CT molecular complexity index is 618. The van der Waals surface area contributed by atoms with Crippen LogP contribution in [0.15, 0.2) is 30.5 Å². The third kappa shape index (κ3) is 2.37. The van der Waals surface area contributed by atoms with Crippen LogP contribution in [0.5, 0.6) is 0 Å². The highest BCUT2D eigenvalue weighted by Gasteiger charge is 2.13. The van der Waals surface area contributed by atoms with Crippen molar-refractivity contribution in [1.29, 1.82) is 0 Å². The molecule has 2 N–H and O–H groups in total. The number of benzene rings is 1. The smallest absolute Gasteiger partial charge is 0.256 e. The van der Waals surface area contributed by atoms with Gasteiger partial charge in [0.1, 0.15) is 5.82 Å². The first-order chi connectivity index (χ1) is 9.24. The molecule has 5 nitrogen and oxygen atoms in total. The predicted molar refractivity (Wildman–Crippen MR) is 73.0 cm³/mol. The summed E-state index contributed by atoms with van der Waals surface area (Å²) < 4.78 is 1.64. The van der Waals surface area contributed by atoms with Crippen LogP contribution in [-0.4, -0.2) is 22.2 Å². The molecule has 0 radical (unpaired) electrons. The second-order valence-electron chi connectivity index (χ2n) is 4.70. The number of aryl methyl sites for hydroxylation is 1. The summed E-state index contributed by atoms with van der Waals surface area (Å²) in [4.78, 5) is 12.2. The van der Waals surface area contributed by atoms with Crippen molar-refractivity contribution >= 4 is 11.7 Å².